The second-order valence-corrected chi connectivity index (χ2v) is 12.1. The van der Waals surface area contributed by atoms with Crippen molar-refractivity contribution < 1.29 is 53.2 Å². The van der Waals surface area contributed by atoms with Crippen LogP contribution < -0.4 is 30.7 Å². The third-order valence-corrected chi connectivity index (χ3v) is 9.05. The fraction of sp³-hybridized carbons (Fsp3) is 0.0714. The van der Waals surface area contributed by atoms with E-state index in [1.165, 1.54) is 39.6 Å². The van der Waals surface area contributed by atoms with Gasteiger partial charge in [-0.05, 0) is 30.3 Å². The summed E-state index contributed by atoms with van der Waals surface area (Å²) in [5.41, 5.74) is -0.363. The lowest BCUT2D eigenvalue weighted by Gasteiger charge is -2.22. The molecule has 4 aromatic rings. The Hall–Kier alpha value is -3.54. The minimum atomic E-state index is -4.86. The fourth-order valence-electron chi connectivity index (χ4n) is 3.85. The zero-order valence-corrected chi connectivity index (χ0v) is 22.8. The van der Waals surface area contributed by atoms with Gasteiger partial charge in [0, 0.05) is 16.7 Å². The van der Waals surface area contributed by atoms with Crippen molar-refractivity contribution in [1.82, 2.24) is 0 Å². The van der Waals surface area contributed by atoms with Gasteiger partial charge >= 0.3 is 21.2 Å². The Morgan fingerprint density at radius 2 is 1.16 bits per heavy atom. The molecule has 0 aliphatic heterocycles. The Morgan fingerprint density at radius 3 is 1.62 bits per heavy atom. The summed E-state index contributed by atoms with van der Waals surface area (Å²) in [4.78, 5) is 24.7. The first-order valence-electron chi connectivity index (χ1n) is 11.0. The predicted octanol–water partition coefficient (Wildman–Crippen LogP) is 1.54. The van der Waals surface area contributed by atoms with Crippen molar-refractivity contribution in [2.24, 2.45) is 0 Å². The summed E-state index contributed by atoms with van der Waals surface area (Å²) < 4.78 is 46.4. The van der Waals surface area contributed by atoms with Gasteiger partial charge in [-0.2, -0.15) is 8.42 Å². The SMILES string of the molecule is COc1cc2c(c(S(=O)(=O)O)c1OC)C(=O)c1ccccc1C2=O.c1ccc([I+]c2ccccc2)cc1. The standard InChI is InChI=1S/C16H12O7S.C12H10I/c1-22-11-7-10-12(16(15(11)23-2)24(19,20)21)14(18)9-6-4-3-5-8(9)13(10)17;1-3-7-11(8-4-1)13-12-9-5-2-6-10-12/h3-7H,1-2H3,(H,19,20,21);1-10H/q;+1. The van der Waals surface area contributed by atoms with Gasteiger partial charge in [0.25, 0.3) is 10.1 Å². The second-order valence-electron chi connectivity index (χ2n) is 7.73. The molecular weight excluding hydrogens is 607 g/mol. The lowest BCUT2D eigenvalue weighted by Crippen LogP contribution is -3.61. The van der Waals surface area contributed by atoms with Crippen LogP contribution in [0.5, 0.6) is 11.5 Å². The quantitative estimate of drug-likeness (QED) is 0.232. The molecular formula is C28H22IO7S+. The molecule has 0 unspecified atom stereocenters. The zero-order chi connectivity index (χ0) is 26.6. The molecule has 0 aromatic heterocycles. The molecule has 7 nitrogen and oxygen atoms in total. The number of halogens is 1. The number of ether oxygens (including phenoxy) is 2. The number of hydrogen-bond acceptors (Lipinski definition) is 6. The van der Waals surface area contributed by atoms with Gasteiger partial charge in [-0.3, -0.25) is 14.1 Å². The maximum atomic E-state index is 12.8. The van der Waals surface area contributed by atoms with Crippen molar-refractivity contribution in [3.05, 3.63) is 120 Å². The summed E-state index contributed by atoms with van der Waals surface area (Å²) in [5, 5.41) is 0. The summed E-state index contributed by atoms with van der Waals surface area (Å²) in [6, 6.07) is 28.7. The number of ketones is 2. The predicted molar refractivity (Wildman–Crippen MR) is 133 cm³/mol. The number of carbonyl (C=O) groups excluding carboxylic acids is 2. The summed E-state index contributed by atoms with van der Waals surface area (Å²) >= 11 is 0.0287. The molecule has 9 heteroatoms. The van der Waals surface area contributed by atoms with Crippen LogP contribution >= 0.6 is 0 Å². The average molecular weight is 629 g/mol. The van der Waals surface area contributed by atoms with E-state index in [4.69, 9.17) is 9.47 Å². The number of benzene rings is 4. The van der Waals surface area contributed by atoms with Crippen LogP contribution in [-0.2, 0) is 10.1 Å². The van der Waals surface area contributed by atoms with Crippen LogP contribution in [0.25, 0.3) is 0 Å². The van der Waals surface area contributed by atoms with Gasteiger partial charge in [0.1, 0.15) is 0 Å². The van der Waals surface area contributed by atoms with Gasteiger partial charge in [0.2, 0.25) is 0 Å². The first kappa shape index (κ1) is 26.5. The van der Waals surface area contributed by atoms with Gasteiger partial charge in [-0.1, -0.05) is 60.7 Å². The minimum absolute atomic E-state index is 0.0287. The molecule has 0 saturated heterocycles. The van der Waals surface area contributed by atoms with Gasteiger partial charge in [-0.25, -0.2) is 0 Å². The largest absolute Gasteiger partial charge is 0.493 e. The highest BCUT2D eigenvalue weighted by molar-refractivity contribution is 7.86. The molecule has 0 atom stereocenters. The minimum Gasteiger partial charge on any atom is -0.493 e. The molecule has 0 saturated carbocycles. The van der Waals surface area contributed by atoms with E-state index in [1.54, 1.807) is 12.1 Å². The van der Waals surface area contributed by atoms with Crippen molar-refractivity contribution in [2.45, 2.75) is 4.90 Å². The molecule has 37 heavy (non-hydrogen) atoms. The fourth-order valence-corrected chi connectivity index (χ4v) is 7.00. The second kappa shape index (κ2) is 11.2. The Labute approximate surface area is 225 Å². The van der Waals surface area contributed by atoms with Gasteiger partial charge in [0.05, 0.1) is 19.8 Å². The van der Waals surface area contributed by atoms with Crippen molar-refractivity contribution in [3.63, 3.8) is 0 Å². The van der Waals surface area contributed by atoms with E-state index in [1.807, 2.05) is 0 Å². The number of fused-ring (bicyclic) bond motifs is 2. The highest BCUT2D eigenvalue weighted by Crippen LogP contribution is 2.42. The molecule has 188 valence electrons. The van der Waals surface area contributed by atoms with Crippen LogP contribution in [-0.4, -0.2) is 38.8 Å². The molecule has 0 radical (unpaired) electrons. The van der Waals surface area contributed by atoms with Crippen LogP contribution in [0.15, 0.2) is 95.9 Å². The Kier molecular flexibility index (Phi) is 8.06. The Morgan fingerprint density at radius 1 is 0.676 bits per heavy atom. The summed E-state index contributed by atoms with van der Waals surface area (Å²) in [6.45, 7) is 0. The third-order valence-electron chi connectivity index (χ3n) is 5.46. The normalized spacial score (nSPS) is 12.1. The Bertz CT molecular complexity index is 1530. The molecule has 4 aromatic carbocycles. The highest BCUT2D eigenvalue weighted by atomic mass is 127. The van der Waals surface area contributed by atoms with Crippen molar-refractivity contribution in [1.29, 1.82) is 0 Å². The van der Waals surface area contributed by atoms with Crippen LogP contribution in [0.1, 0.15) is 31.8 Å². The first-order chi connectivity index (χ1) is 17.8. The van der Waals surface area contributed by atoms with Crippen LogP contribution in [0.3, 0.4) is 0 Å². The molecule has 1 aliphatic rings. The molecule has 0 heterocycles. The topological polar surface area (TPSA) is 107 Å². The maximum Gasteiger partial charge on any atom is 0.357 e. The third kappa shape index (κ3) is 5.58. The number of rotatable bonds is 5. The van der Waals surface area contributed by atoms with Crippen molar-refractivity contribution >= 4 is 21.7 Å². The van der Waals surface area contributed by atoms with E-state index < -0.39 is 32.1 Å². The number of hydrogen-bond donors (Lipinski definition) is 1. The van der Waals surface area contributed by atoms with E-state index >= 15 is 0 Å². The molecule has 1 N–H and O–H groups in total. The van der Waals surface area contributed by atoms with Crippen LogP contribution in [0.4, 0.5) is 0 Å². The first-order valence-corrected chi connectivity index (χ1v) is 14.6. The van der Waals surface area contributed by atoms with Gasteiger partial charge in [-0.15, -0.1) is 0 Å². The maximum absolute atomic E-state index is 12.8. The van der Waals surface area contributed by atoms with E-state index in [0.717, 1.165) is 0 Å². The van der Waals surface area contributed by atoms with E-state index in [9.17, 15) is 22.6 Å². The van der Waals surface area contributed by atoms with E-state index in [-0.39, 0.29) is 49.4 Å². The molecule has 0 amide bonds. The zero-order valence-electron chi connectivity index (χ0n) is 19.8. The lowest BCUT2D eigenvalue weighted by molar-refractivity contribution is -0.597. The van der Waals surface area contributed by atoms with Crippen molar-refractivity contribution in [2.75, 3.05) is 14.2 Å². The Balaban J connectivity index is 0.000000207. The monoisotopic (exact) mass is 629 g/mol. The molecule has 0 bridgehead atoms. The summed E-state index contributed by atoms with van der Waals surface area (Å²) in [7, 11) is -2.44. The van der Waals surface area contributed by atoms with E-state index in [0.29, 0.717) is 0 Å². The summed E-state index contributed by atoms with van der Waals surface area (Å²) in [6.07, 6.45) is 0. The summed E-state index contributed by atoms with van der Waals surface area (Å²) in [5.74, 6) is -1.64. The van der Waals surface area contributed by atoms with Crippen molar-refractivity contribution in [3.8, 4) is 11.5 Å². The average Bonchev–Trinajstić information content (AvgIpc) is 2.91. The number of carbonyl (C=O) groups is 2. The highest BCUT2D eigenvalue weighted by Gasteiger charge is 2.38. The lowest BCUT2D eigenvalue weighted by atomic mass is 9.83. The van der Waals surface area contributed by atoms with Crippen LogP contribution in [0.2, 0.25) is 0 Å². The van der Waals surface area contributed by atoms with E-state index in [2.05, 4.69) is 60.7 Å². The van der Waals surface area contributed by atoms with Gasteiger partial charge in [0.15, 0.2) is 35.1 Å². The number of methoxy groups -OCH3 is 2. The molecule has 0 fully saturated rings. The smallest absolute Gasteiger partial charge is 0.357 e. The molecule has 5 rings (SSSR count). The van der Waals surface area contributed by atoms with Crippen LogP contribution in [0, 0.1) is 7.14 Å². The molecule has 0 spiro atoms. The van der Waals surface area contributed by atoms with Gasteiger partial charge < -0.3 is 9.47 Å². The molecule has 1 aliphatic carbocycles.